The van der Waals surface area contributed by atoms with Crippen molar-refractivity contribution in [1.29, 1.82) is 0 Å². The van der Waals surface area contributed by atoms with Gasteiger partial charge in [0.05, 0.1) is 11.1 Å². The van der Waals surface area contributed by atoms with Crippen molar-refractivity contribution in [2.45, 2.75) is 26.7 Å². The first-order chi connectivity index (χ1) is 8.72. The van der Waals surface area contributed by atoms with Crippen LogP contribution in [0.2, 0.25) is 0 Å². The Labute approximate surface area is 106 Å². The van der Waals surface area contributed by atoms with E-state index in [1.165, 1.54) is 0 Å². The van der Waals surface area contributed by atoms with Crippen molar-refractivity contribution in [3.8, 4) is 0 Å². The van der Waals surface area contributed by atoms with Crippen LogP contribution >= 0.6 is 0 Å². The lowest BCUT2D eigenvalue weighted by atomic mass is 9.97. The van der Waals surface area contributed by atoms with Gasteiger partial charge in [0.2, 0.25) is 0 Å². The Balaban J connectivity index is 2.86. The molecule has 0 fully saturated rings. The minimum Gasteiger partial charge on any atom is -0.370 e. The molecule has 2 N–H and O–H groups in total. The largest absolute Gasteiger partial charge is 0.370 e. The van der Waals surface area contributed by atoms with Gasteiger partial charge in [-0.1, -0.05) is 32.0 Å². The number of nitrogens with zero attached hydrogens (tertiary/aromatic N) is 1. The summed E-state index contributed by atoms with van der Waals surface area (Å²) in [6, 6.07) is 7.54. The minimum atomic E-state index is -0.500. The predicted molar refractivity (Wildman–Crippen MR) is 70.1 cm³/mol. The topological polar surface area (TPSA) is 65.2 Å². The van der Waals surface area contributed by atoms with Gasteiger partial charge in [0.1, 0.15) is 0 Å². The number of aromatic nitrogens is 1. The van der Waals surface area contributed by atoms with Crippen molar-refractivity contribution < 1.29 is 9.63 Å². The highest BCUT2D eigenvalue weighted by Gasteiger charge is 2.19. The number of nitrogens with two attached hydrogens (primary N) is 1. The molecule has 0 saturated carbocycles. The van der Waals surface area contributed by atoms with E-state index < -0.39 is 5.97 Å². The van der Waals surface area contributed by atoms with E-state index >= 15 is 0 Å². The first kappa shape index (κ1) is 12.5. The summed E-state index contributed by atoms with van der Waals surface area (Å²) in [6.45, 7) is 4.02. The summed E-state index contributed by atoms with van der Waals surface area (Å²) in [7, 11) is 0. The Hall–Kier alpha value is -1.94. The van der Waals surface area contributed by atoms with Crippen LogP contribution in [0.3, 0.4) is 0 Å². The van der Waals surface area contributed by atoms with Crippen molar-refractivity contribution >= 4 is 16.9 Å². The smallest absolute Gasteiger partial charge is 0.357 e. The van der Waals surface area contributed by atoms with Gasteiger partial charge < -0.3 is 4.84 Å². The third kappa shape index (κ3) is 1.95. The quantitative estimate of drug-likeness (QED) is 0.842. The van der Waals surface area contributed by atoms with Crippen molar-refractivity contribution in [3.05, 3.63) is 41.1 Å². The molecule has 1 aromatic heterocycles. The highest BCUT2D eigenvalue weighted by atomic mass is 16.7. The molecule has 94 valence electrons. The molecule has 2 rings (SSSR count). The lowest BCUT2D eigenvalue weighted by molar-refractivity contribution is 0.0504. The van der Waals surface area contributed by atoms with E-state index in [0.29, 0.717) is 5.56 Å². The van der Waals surface area contributed by atoms with Crippen LogP contribution in [0.25, 0.3) is 10.9 Å². The SMILES string of the molecule is CCc1nc2ccccc2c(C(=O)ON)c1CC. The van der Waals surface area contributed by atoms with E-state index in [2.05, 4.69) is 9.82 Å². The number of fused-ring (bicyclic) bond motifs is 1. The van der Waals surface area contributed by atoms with Crippen LogP contribution in [0.4, 0.5) is 0 Å². The highest BCUT2D eigenvalue weighted by molar-refractivity contribution is 6.04. The van der Waals surface area contributed by atoms with Crippen LogP contribution in [-0.2, 0) is 17.7 Å². The zero-order valence-corrected chi connectivity index (χ0v) is 10.6. The molecular weight excluding hydrogens is 228 g/mol. The summed E-state index contributed by atoms with van der Waals surface area (Å²) >= 11 is 0. The van der Waals surface area contributed by atoms with Gasteiger partial charge in [0.25, 0.3) is 0 Å². The van der Waals surface area contributed by atoms with Gasteiger partial charge in [-0.3, -0.25) is 4.98 Å². The monoisotopic (exact) mass is 244 g/mol. The van der Waals surface area contributed by atoms with E-state index in [-0.39, 0.29) is 0 Å². The molecule has 2 aromatic rings. The van der Waals surface area contributed by atoms with E-state index in [4.69, 9.17) is 5.90 Å². The molecule has 0 bridgehead atoms. The number of pyridine rings is 1. The summed E-state index contributed by atoms with van der Waals surface area (Å²) in [5, 5.41) is 0.794. The zero-order chi connectivity index (χ0) is 13.1. The fourth-order valence-electron chi connectivity index (χ4n) is 2.27. The van der Waals surface area contributed by atoms with E-state index in [1.54, 1.807) is 0 Å². The van der Waals surface area contributed by atoms with E-state index in [1.807, 2.05) is 38.1 Å². The molecule has 1 heterocycles. The second-order valence-corrected chi connectivity index (χ2v) is 4.04. The van der Waals surface area contributed by atoms with Crippen LogP contribution in [0, 0.1) is 0 Å². The number of benzene rings is 1. The number of hydrogen-bond acceptors (Lipinski definition) is 4. The Morgan fingerprint density at radius 2 is 2.00 bits per heavy atom. The van der Waals surface area contributed by atoms with Gasteiger partial charge in [-0.15, -0.1) is 0 Å². The molecule has 0 aliphatic carbocycles. The number of para-hydroxylation sites is 1. The standard InChI is InChI=1S/C14H16N2O2/c1-3-9-11(4-2)16-12-8-6-5-7-10(12)13(9)14(17)18-15/h5-8H,3-4,15H2,1-2H3. The Morgan fingerprint density at radius 3 is 2.61 bits per heavy atom. The molecule has 4 nitrogen and oxygen atoms in total. The van der Waals surface area contributed by atoms with E-state index in [0.717, 1.165) is 35.0 Å². The maximum Gasteiger partial charge on any atom is 0.357 e. The summed E-state index contributed by atoms with van der Waals surface area (Å²) < 4.78 is 0. The molecule has 0 atom stereocenters. The van der Waals surface area contributed by atoms with Crippen LogP contribution in [-0.4, -0.2) is 11.0 Å². The number of hydrogen-bond donors (Lipinski definition) is 1. The Kier molecular flexibility index (Phi) is 3.58. The first-order valence-electron chi connectivity index (χ1n) is 6.04. The maximum atomic E-state index is 11.9. The van der Waals surface area contributed by atoms with Crippen LogP contribution in [0.5, 0.6) is 0 Å². The lowest BCUT2D eigenvalue weighted by Crippen LogP contribution is -2.15. The van der Waals surface area contributed by atoms with Gasteiger partial charge in [-0.25, -0.2) is 4.79 Å². The number of rotatable bonds is 3. The van der Waals surface area contributed by atoms with Crippen LogP contribution < -0.4 is 5.90 Å². The zero-order valence-electron chi connectivity index (χ0n) is 10.6. The number of carbonyl (C=O) groups is 1. The molecule has 0 spiro atoms. The summed E-state index contributed by atoms with van der Waals surface area (Å²) in [4.78, 5) is 20.9. The van der Waals surface area contributed by atoms with Crippen LogP contribution in [0.15, 0.2) is 24.3 Å². The molecular formula is C14H16N2O2. The molecule has 0 aliphatic heterocycles. The molecule has 18 heavy (non-hydrogen) atoms. The average Bonchev–Trinajstić information content (AvgIpc) is 2.44. The third-order valence-electron chi connectivity index (χ3n) is 3.08. The molecule has 0 unspecified atom stereocenters. The molecule has 0 amide bonds. The summed E-state index contributed by atoms with van der Waals surface area (Å²) in [5.74, 6) is 4.54. The van der Waals surface area contributed by atoms with Gasteiger partial charge >= 0.3 is 5.97 Å². The molecule has 0 radical (unpaired) electrons. The van der Waals surface area contributed by atoms with E-state index in [9.17, 15) is 4.79 Å². The van der Waals surface area contributed by atoms with Crippen LogP contribution in [0.1, 0.15) is 35.5 Å². The molecule has 0 aliphatic rings. The van der Waals surface area contributed by atoms with Crippen molar-refractivity contribution in [2.75, 3.05) is 0 Å². The van der Waals surface area contributed by atoms with Gasteiger partial charge in [0, 0.05) is 11.1 Å². The first-order valence-corrected chi connectivity index (χ1v) is 6.04. The fourth-order valence-corrected chi connectivity index (χ4v) is 2.27. The van der Waals surface area contributed by atoms with Crippen molar-refractivity contribution in [2.24, 2.45) is 5.90 Å². The summed E-state index contributed by atoms with van der Waals surface area (Å²) in [5.41, 5.74) is 3.19. The predicted octanol–water partition coefficient (Wildman–Crippen LogP) is 2.39. The maximum absolute atomic E-state index is 11.9. The Bertz CT molecular complexity index is 594. The normalized spacial score (nSPS) is 10.6. The molecule has 0 saturated heterocycles. The van der Waals surface area contributed by atoms with Gasteiger partial charge in [0.15, 0.2) is 0 Å². The second-order valence-electron chi connectivity index (χ2n) is 4.04. The number of aryl methyl sites for hydroxylation is 1. The molecule has 4 heteroatoms. The minimum absolute atomic E-state index is 0.500. The Morgan fingerprint density at radius 1 is 1.28 bits per heavy atom. The number of carbonyl (C=O) groups excluding carboxylic acids is 1. The fraction of sp³-hybridized carbons (Fsp3) is 0.286. The van der Waals surface area contributed by atoms with Crippen molar-refractivity contribution in [1.82, 2.24) is 4.98 Å². The van der Waals surface area contributed by atoms with Gasteiger partial charge in [-0.05, 0) is 24.5 Å². The molecule has 1 aromatic carbocycles. The third-order valence-corrected chi connectivity index (χ3v) is 3.08. The van der Waals surface area contributed by atoms with Crippen molar-refractivity contribution in [3.63, 3.8) is 0 Å². The second kappa shape index (κ2) is 5.14. The highest BCUT2D eigenvalue weighted by Crippen LogP contribution is 2.25. The summed E-state index contributed by atoms with van der Waals surface area (Å²) in [6.07, 6.45) is 1.50. The average molecular weight is 244 g/mol. The lowest BCUT2D eigenvalue weighted by Gasteiger charge is -2.13. The van der Waals surface area contributed by atoms with Gasteiger partial charge in [-0.2, -0.15) is 5.90 Å².